The Morgan fingerprint density at radius 2 is 1.96 bits per heavy atom. The van der Waals surface area contributed by atoms with E-state index in [1.165, 1.54) is 12.1 Å². The zero-order chi connectivity index (χ0) is 19.5. The third-order valence-electron chi connectivity index (χ3n) is 4.73. The average Bonchev–Trinajstić information content (AvgIpc) is 3.16. The monoisotopic (exact) mass is 384 g/mol. The molecule has 1 aliphatic rings. The van der Waals surface area contributed by atoms with Crippen LogP contribution < -0.4 is 20.3 Å². The van der Waals surface area contributed by atoms with Crippen LogP contribution in [0.2, 0.25) is 0 Å². The second-order valence-corrected chi connectivity index (χ2v) is 6.61. The summed E-state index contributed by atoms with van der Waals surface area (Å²) in [5, 5.41) is 4.11. The van der Waals surface area contributed by atoms with Crippen molar-refractivity contribution in [3.05, 3.63) is 69.8 Å². The summed E-state index contributed by atoms with van der Waals surface area (Å²) >= 11 is 0. The van der Waals surface area contributed by atoms with Gasteiger partial charge in [0, 0.05) is 32.3 Å². The first-order valence-corrected chi connectivity index (χ1v) is 9.06. The number of benzene rings is 2. The number of fused-ring (bicyclic) bond motifs is 2. The summed E-state index contributed by atoms with van der Waals surface area (Å²) in [6.45, 7) is 1.96. The fraction of sp³-hybridized carbons (Fsp3) is 0.286. The molecule has 0 saturated heterocycles. The van der Waals surface area contributed by atoms with Crippen molar-refractivity contribution in [2.45, 2.75) is 19.6 Å². The summed E-state index contributed by atoms with van der Waals surface area (Å²) in [6, 6.07) is 12.0. The number of hydrogen-bond acceptors (Lipinski definition) is 5. The van der Waals surface area contributed by atoms with E-state index in [2.05, 4.69) is 5.32 Å². The topological polar surface area (TPSA) is 61.7 Å². The van der Waals surface area contributed by atoms with Crippen molar-refractivity contribution in [3.8, 4) is 11.5 Å². The largest absolute Gasteiger partial charge is 0.454 e. The highest BCUT2D eigenvalue weighted by molar-refractivity contribution is 5.79. The van der Waals surface area contributed by atoms with Crippen LogP contribution in [0.5, 0.6) is 11.5 Å². The minimum Gasteiger partial charge on any atom is -0.454 e. The Morgan fingerprint density at radius 3 is 2.82 bits per heavy atom. The third-order valence-corrected chi connectivity index (χ3v) is 4.73. The quantitative estimate of drug-likeness (QED) is 0.679. The van der Waals surface area contributed by atoms with E-state index in [-0.39, 0.29) is 18.2 Å². The maximum absolute atomic E-state index is 13.7. The molecule has 0 fully saturated rings. The molecule has 2 aromatic carbocycles. The van der Waals surface area contributed by atoms with Crippen LogP contribution in [0.3, 0.4) is 0 Å². The zero-order valence-corrected chi connectivity index (χ0v) is 15.5. The third kappa shape index (κ3) is 3.72. The van der Waals surface area contributed by atoms with Gasteiger partial charge in [-0.2, -0.15) is 0 Å². The molecule has 0 atom stereocenters. The lowest BCUT2D eigenvalue weighted by Gasteiger charge is -2.13. The molecule has 0 unspecified atom stereocenters. The average molecular weight is 384 g/mol. The van der Waals surface area contributed by atoms with Gasteiger partial charge in [0.1, 0.15) is 5.82 Å². The molecule has 0 amide bonds. The van der Waals surface area contributed by atoms with Crippen LogP contribution in [-0.2, 0) is 24.4 Å². The van der Waals surface area contributed by atoms with Crippen molar-refractivity contribution >= 4 is 10.9 Å². The Morgan fingerprint density at radius 1 is 1.11 bits per heavy atom. The van der Waals surface area contributed by atoms with Crippen molar-refractivity contribution in [2.75, 3.05) is 20.5 Å². The second kappa shape index (κ2) is 8.00. The summed E-state index contributed by atoms with van der Waals surface area (Å²) in [5.41, 5.74) is 2.08. The smallest absolute Gasteiger partial charge is 0.255 e. The number of aromatic nitrogens is 1. The summed E-state index contributed by atoms with van der Waals surface area (Å²) in [5.74, 6) is 1.10. The molecule has 1 aliphatic heterocycles. The molecule has 0 spiro atoms. The number of pyridine rings is 1. The first-order chi connectivity index (χ1) is 13.7. The zero-order valence-electron chi connectivity index (χ0n) is 15.5. The summed E-state index contributed by atoms with van der Waals surface area (Å²) in [7, 11) is 1.57. The van der Waals surface area contributed by atoms with Crippen LogP contribution in [0.15, 0.2) is 47.3 Å². The molecule has 28 heavy (non-hydrogen) atoms. The molecule has 0 bridgehead atoms. The molecule has 146 valence electrons. The minimum absolute atomic E-state index is 0.145. The van der Waals surface area contributed by atoms with E-state index in [9.17, 15) is 9.18 Å². The SMILES string of the molecule is COCCn1c(=O)c(CNCc2ccc3c(c2)OCO3)cc2ccc(F)cc21. The maximum atomic E-state index is 13.7. The Labute approximate surface area is 161 Å². The highest BCUT2D eigenvalue weighted by Gasteiger charge is 2.14. The fourth-order valence-corrected chi connectivity index (χ4v) is 3.33. The van der Waals surface area contributed by atoms with Crippen LogP contribution in [0.4, 0.5) is 4.39 Å². The van der Waals surface area contributed by atoms with Crippen molar-refractivity contribution in [3.63, 3.8) is 0 Å². The van der Waals surface area contributed by atoms with Gasteiger partial charge in [-0.05, 0) is 47.3 Å². The fourth-order valence-electron chi connectivity index (χ4n) is 3.33. The molecular formula is C21H21FN2O4. The maximum Gasteiger partial charge on any atom is 0.255 e. The predicted octanol–water partition coefficient (Wildman–Crippen LogP) is 2.81. The minimum atomic E-state index is -0.369. The lowest BCUT2D eigenvalue weighted by molar-refractivity contribution is 0.174. The number of halogens is 1. The molecule has 1 aromatic heterocycles. The summed E-state index contributed by atoms with van der Waals surface area (Å²) in [6.07, 6.45) is 0. The lowest BCUT2D eigenvalue weighted by atomic mass is 10.1. The first-order valence-electron chi connectivity index (χ1n) is 9.06. The standard InChI is InChI=1S/C21H21FN2O4/c1-26-7-6-24-18-10-17(22)4-3-15(18)9-16(21(24)25)12-23-11-14-2-5-19-20(8-14)28-13-27-19/h2-5,8-10,23H,6-7,11-13H2,1H3. The van der Waals surface area contributed by atoms with Crippen LogP contribution in [-0.4, -0.2) is 25.1 Å². The Kier molecular flexibility index (Phi) is 5.27. The molecule has 7 heteroatoms. The Balaban J connectivity index is 1.55. The first kappa shape index (κ1) is 18.5. The van der Waals surface area contributed by atoms with Crippen molar-refractivity contribution in [1.29, 1.82) is 0 Å². The summed E-state index contributed by atoms with van der Waals surface area (Å²) < 4.78 is 31.1. The Hall–Kier alpha value is -2.90. The molecule has 6 nitrogen and oxygen atoms in total. The van der Waals surface area contributed by atoms with E-state index in [0.717, 1.165) is 22.4 Å². The van der Waals surface area contributed by atoms with Gasteiger partial charge in [-0.1, -0.05) is 6.07 Å². The molecule has 1 N–H and O–H groups in total. The van der Waals surface area contributed by atoms with Crippen molar-refractivity contribution in [1.82, 2.24) is 9.88 Å². The van der Waals surface area contributed by atoms with E-state index in [0.29, 0.717) is 37.3 Å². The van der Waals surface area contributed by atoms with E-state index in [1.54, 1.807) is 17.7 Å². The van der Waals surface area contributed by atoms with Crippen LogP contribution in [0, 0.1) is 5.82 Å². The summed E-state index contributed by atoms with van der Waals surface area (Å²) in [4.78, 5) is 12.9. The number of hydrogen-bond donors (Lipinski definition) is 1. The predicted molar refractivity (Wildman–Crippen MR) is 103 cm³/mol. The molecule has 4 rings (SSSR count). The highest BCUT2D eigenvalue weighted by atomic mass is 19.1. The number of methoxy groups -OCH3 is 1. The van der Waals surface area contributed by atoms with E-state index >= 15 is 0 Å². The van der Waals surface area contributed by atoms with E-state index < -0.39 is 0 Å². The molecule has 2 heterocycles. The highest BCUT2D eigenvalue weighted by Crippen LogP contribution is 2.32. The Bertz CT molecular complexity index is 1060. The van der Waals surface area contributed by atoms with Gasteiger partial charge in [0.25, 0.3) is 5.56 Å². The molecule has 3 aromatic rings. The van der Waals surface area contributed by atoms with Gasteiger partial charge in [-0.25, -0.2) is 4.39 Å². The molecular weight excluding hydrogens is 363 g/mol. The van der Waals surface area contributed by atoms with Gasteiger partial charge in [0.2, 0.25) is 6.79 Å². The number of ether oxygens (including phenoxy) is 3. The molecule has 0 saturated carbocycles. The van der Waals surface area contributed by atoms with Crippen LogP contribution in [0.1, 0.15) is 11.1 Å². The van der Waals surface area contributed by atoms with Crippen molar-refractivity contribution in [2.24, 2.45) is 0 Å². The van der Waals surface area contributed by atoms with Gasteiger partial charge >= 0.3 is 0 Å². The molecule has 0 aliphatic carbocycles. The van der Waals surface area contributed by atoms with Gasteiger partial charge in [0.05, 0.1) is 12.1 Å². The van der Waals surface area contributed by atoms with Gasteiger partial charge < -0.3 is 24.1 Å². The van der Waals surface area contributed by atoms with Crippen LogP contribution >= 0.6 is 0 Å². The molecule has 0 radical (unpaired) electrons. The number of nitrogens with zero attached hydrogens (tertiary/aromatic N) is 1. The van der Waals surface area contributed by atoms with Gasteiger partial charge in [-0.15, -0.1) is 0 Å². The number of nitrogens with one attached hydrogen (secondary N) is 1. The number of rotatable bonds is 7. The van der Waals surface area contributed by atoms with Crippen LogP contribution in [0.25, 0.3) is 10.9 Å². The lowest BCUT2D eigenvalue weighted by Crippen LogP contribution is -2.28. The van der Waals surface area contributed by atoms with Gasteiger partial charge in [0.15, 0.2) is 11.5 Å². The van der Waals surface area contributed by atoms with E-state index in [1.807, 2.05) is 24.3 Å². The van der Waals surface area contributed by atoms with Crippen molar-refractivity contribution < 1.29 is 18.6 Å². The second-order valence-electron chi connectivity index (χ2n) is 6.61. The van der Waals surface area contributed by atoms with E-state index in [4.69, 9.17) is 14.2 Å². The van der Waals surface area contributed by atoms with Gasteiger partial charge in [-0.3, -0.25) is 4.79 Å². The normalized spacial score (nSPS) is 12.6.